The van der Waals surface area contributed by atoms with Gasteiger partial charge in [0.15, 0.2) is 0 Å². The number of hydrogen-bond donors (Lipinski definition) is 3. The minimum absolute atomic E-state index is 0.323. The van der Waals surface area contributed by atoms with E-state index in [4.69, 9.17) is 11.6 Å². The van der Waals surface area contributed by atoms with Crippen molar-refractivity contribution in [3.05, 3.63) is 75.9 Å². The van der Waals surface area contributed by atoms with Crippen LogP contribution in [0, 0.1) is 6.92 Å². The van der Waals surface area contributed by atoms with Crippen LogP contribution in [-0.4, -0.2) is 21.8 Å². The zero-order valence-corrected chi connectivity index (χ0v) is 16.3. The maximum absolute atomic E-state index is 12.5. The number of benzene rings is 2. The Labute approximate surface area is 169 Å². The molecule has 2 heterocycles. The number of amides is 2. The molecule has 6 nitrogen and oxygen atoms in total. The molecule has 0 unspecified atom stereocenters. The summed E-state index contributed by atoms with van der Waals surface area (Å²) in [5.41, 5.74) is 7.52. The topological polar surface area (TPSA) is 86.9 Å². The zero-order chi connectivity index (χ0) is 19.7. The number of nitrogens with one attached hydrogen (secondary N) is 3. The first-order chi connectivity index (χ1) is 13.5. The summed E-state index contributed by atoms with van der Waals surface area (Å²) in [5, 5.41) is 2.15. The number of fused-ring (bicyclic) bond motifs is 1. The standard InChI is InChI=1S/C20H15ClN4O2S/c1-11-17(28-20(22-11)12-5-3-2-4-6-12)19(27)25-24-18(26)16-10-13-9-14(21)7-8-15(13)23-16/h2-10,23H,1H3,(H,24,26)(H,25,27). The molecular formula is C20H15ClN4O2S. The lowest BCUT2D eigenvalue weighted by Crippen LogP contribution is -2.41. The second-order valence-corrected chi connectivity index (χ2v) is 7.56. The predicted octanol–water partition coefficient (Wildman–Crippen LogP) is 4.33. The molecule has 2 aromatic heterocycles. The van der Waals surface area contributed by atoms with E-state index in [9.17, 15) is 9.59 Å². The Morgan fingerprint density at radius 1 is 1.04 bits per heavy atom. The number of aryl methyl sites for hydroxylation is 1. The predicted molar refractivity (Wildman–Crippen MR) is 111 cm³/mol. The third kappa shape index (κ3) is 3.62. The van der Waals surface area contributed by atoms with Crippen molar-refractivity contribution in [2.45, 2.75) is 6.92 Å². The maximum atomic E-state index is 12.5. The van der Waals surface area contributed by atoms with Gasteiger partial charge < -0.3 is 4.98 Å². The third-order valence-corrected chi connectivity index (χ3v) is 5.58. The smallest absolute Gasteiger partial charge is 0.286 e. The van der Waals surface area contributed by atoms with Gasteiger partial charge in [-0.1, -0.05) is 41.9 Å². The van der Waals surface area contributed by atoms with Crippen LogP contribution in [0.25, 0.3) is 21.5 Å². The molecule has 0 fully saturated rings. The largest absolute Gasteiger partial charge is 0.350 e. The normalized spacial score (nSPS) is 10.8. The van der Waals surface area contributed by atoms with Crippen LogP contribution in [0.4, 0.5) is 0 Å². The van der Waals surface area contributed by atoms with E-state index >= 15 is 0 Å². The molecular weight excluding hydrogens is 396 g/mol. The molecule has 0 aliphatic heterocycles. The molecule has 0 aliphatic rings. The highest BCUT2D eigenvalue weighted by atomic mass is 35.5. The fourth-order valence-electron chi connectivity index (χ4n) is 2.77. The van der Waals surface area contributed by atoms with E-state index in [2.05, 4.69) is 20.8 Å². The fraction of sp³-hybridized carbons (Fsp3) is 0.0500. The second kappa shape index (κ2) is 7.46. The van der Waals surface area contributed by atoms with E-state index in [0.29, 0.717) is 21.3 Å². The van der Waals surface area contributed by atoms with Crippen molar-refractivity contribution in [2.75, 3.05) is 0 Å². The molecule has 4 aromatic rings. The molecule has 140 valence electrons. The van der Waals surface area contributed by atoms with Crippen molar-refractivity contribution in [2.24, 2.45) is 0 Å². The van der Waals surface area contributed by atoms with E-state index in [1.807, 2.05) is 30.3 Å². The lowest BCUT2D eigenvalue weighted by molar-refractivity contribution is 0.0846. The summed E-state index contributed by atoms with van der Waals surface area (Å²) >= 11 is 7.24. The molecule has 8 heteroatoms. The van der Waals surface area contributed by atoms with Crippen LogP contribution >= 0.6 is 22.9 Å². The Morgan fingerprint density at radius 2 is 1.79 bits per heavy atom. The van der Waals surface area contributed by atoms with Gasteiger partial charge in [0.2, 0.25) is 0 Å². The molecule has 0 aliphatic carbocycles. The van der Waals surface area contributed by atoms with Crippen molar-refractivity contribution < 1.29 is 9.59 Å². The molecule has 2 aromatic carbocycles. The summed E-state index contributed by atoms with van der Waals surface area (Å²) in [7, 11) is 0. The van der Waals surface area contributed by atoms with Crippen LogP contribution < -0.4 is 10.9 Å². The number of H-pyrrole nitrogens is 1. The number of aromatic nitrogens is 2. The third-order valence-electron chi connectivity index (χ3n) is 4.14. The Bertz CT molecular complexity index is 1180. The summed E-state index contributed by atoms with van der Waals surface area (Å²) in [6.45, 7) is 1.76. The van der Waals surface area contributed by atoms with E-state index in [1.54, 1.807) is 31.2 Å². The molecule has 3 N–H and O–H groups in total. The number of nitrogens with zero attached hydrogens (tertiary/aromatic N) is 1. The summed E-state index contributed by atoms with van der Waals surface area (Å²) < 4.78 is 0. The number of hydrogen-bond acceptors (Lipinski definition) is 4. The average Bonchev–Trinajstić information content (AvgIpc) is 3.29. The Hall–Kier alpha value is -3.16. The Morgan fingerprint density at radius 3 is 2.57 bits per heavy atom. The average molecular weight is 411 g/mol. The van der Waals surface area contributed by atoms with E-state index in [0.717, 1.165) is 21.5 Å². The van der Waals surface area contributed by atoms with Crippen molar-refractivity contribution in [3.63, 3.8) is 0 Å². The van der Waals surface area contributed by atoms with Crippen LogP contribution in [-0.2, 0) is 0 Å². The fourth-order valence-corrected chi connectivity index (χ4v) is 3.92. The zero-order valence-electron chi connectivity index (χ0n) is 14.7. The van der Waals surface area contributed by atoms with Gasteiger partial charge in [0.05, 0.1) is 5.69 Å². The van der Waals surface area contributed by atoms with Gasteiger partial charge in [0.1, 0.15) is 15.6 Å². The Balaban J connectivity index is 1.46. The summed E-state index contributed by atoms with van der Waals surface area (Å²) in [6, 6.07) is 16.6. The van der Waals surface area contributed by atoms with Crippen LogP contribution in [0.1, 0.15) is 25.9 Å². The van der Waals surface area contributed by atoms with Crippen LogP contribution in [0.15, 0.2) is 54.6 Å². The molecule has 0 saturated heterocycles. The number of carbonyl (C=O) groups excluding carboxylic acids is 2. The highest BCUT2D eigenvalue weighted by molar-refractivity contribution is 7.17. The lowest BCUT2D eigenvalue weighted by atomic mass is 10.2. The molecule has 28 heavy (non-hydrogen) atoms. The minimum atomic E-state index is -0.453. The van der Waals surface area contributed by atoms with Gasteiger partial charge in [-0.2, -0.15) is 0 Å². The van der Waals surface area contributed by atoms with Gasteiger partial charge in [0, 0.05) is 21.5 Å². The number of rotatable bonds is 3. The van der Waals surface area contributed by atoms with Gasteiger partial charge in [-0.15, -0.1) is 11.3 Å². The van der Waals surface area contributed by atoms with Crippen molar-refractivity contribution in [1.82, 2.24) is 20.8 Å². The van der Waals surface area contributed by atoms with Crippen LogP contribution in [0.2, 0.25) is 5.02 Å². The Kier molecular flexibility index (Phi) is 4.85. The summed E-state index contributed by atoms with van der Waals surface area (Å²) in [5.74, 6) is -0.865. The molecule has 0 atom stereocenters. The number of hydrazine groups is 1. The first-order valence-electron chi connectivity index (χ1n) is 8.43. The van der Waals surface area contributed by atoms with Gasteiger partial charge in [-0.05, 0) is 31.2 Å². The first-order valence-corrected chi connectivity index (χ1v) is 9.62. The SMILES string of the molecule is Cc1nc(-c2ccccc2)sc1C(=O)NNC(=O)c1cc2cc(Cl)ccc2[nH]1. The summed E-state index contributed by atoms with van der Waals surface area (Å²) in [4.78, 5) is 32.7. The van der Waals surface area contributed by atoms with E-state index < -0.39 is 11.8 Å². The first kappa shape index (κ1) is 18.2. The number of aromatic amines is 1. The maximum Gasteiger partial charge on any atom is 0.286 e. The van der Waals surface area contributed by atoms with Gasteiger partial charge in [0.25, 0.3) is 11.8 Å². The molecule has 0 bridgehead atoms. The van der Waals surface area contributed by atoms with Gasteiger partial charge in [-0.25, -0.2) is 4.98 Å². The van der Waals surface area contributed by atoms with Gasteiger partial charge in [-0.3, -0.25) is 20.4 Å². The van der Waals surface area contributed by atoms with Crippen molar-refractivity contribution in [1.29, 1.82) is 0 Å². The second-order valence-electron chi connectivity index (χ2n) is 6.12. The lowest BCUT2D eigenvalue weighted by Gasteiger charge is -2.05. The molecule has 0 spiro atoms. The van der Waals surface area contributed by atoms with Crippen LogP contribution in [0.5, 0.6) is 0 Å². The van der Waals surface area contributed by atoms with Crippen molar-refractivity contribution in [3.8, 4) is 10.6 Å². The molecule has 0 saturated carbocycles. The summed E-state index contributed by atoms with van der Waals surface area (Å²) in [6.07, 6.45) is 0. The highest BCUT2D eigenvalue weighted by Gasteiger charge is 2.17. The van der Waals surface area contributed by atoms with E-state index in [1.165, 1.54) is 11.3 Å². The van der Waals surface area contributed by atoms with Crippen LogP contribution in [0.3, 0.4) is 0 Å². The highest BCUT2D eigenvalue weighted by Crippen LogP contribution is 2.27. The molecule has 0 radical (unpaired) electrons. The van der Waals surface area contributed by atoms with E-state index in [-0.39, 0.29) is 0 Å². The number of thiazole rings is 1. The molecule has 2 amide bonds. The number of carbonyl (C=O) groups is 2. The number of halogens is 1. The minimum Gasteiger partial charge on any atom is -0.350 e. The monoisotopic (exact) mass is 410 g/mol. The quantitative estimate of drug-likeness (QED) is 0.439. The molecule has 4 rings (SSSR count). The van der Waals surface area contributed by atoms with Crippen molar-refractivity contribution >= 4 is 45.7 Å². The van der Waals surface area contributed by atoms with Gasteiger partial charge >= 0.3 is 0 Å².